The van der Waals surface area contributed by atoms with Gasteiger partial charge in [0.15, 0.2) is 0 Å². The molecule has 5 aromatic carbocycles. The number of nitrogens with zero attached hydrogens (tertiary/aromatic N) is 4. The molecule has 0 fully saturated rings. The van der Waals surface area contributed by atoms with Gasteiger partial charge in [0.05, 0.1) is 113 Å². The Hall–Kier alpha value is -2.01. The van der Waals surface area contributed by atoms with E-state index >= 15 is 0 Å². The maximum Gasteiger partial charge on any atom is 1.00 e. The molecule has 91 heavy (non-hydrogen) atoms. The molecule has 496 valence electrons. The van der Waals surface area contributed by atoms with Crippen molar-refractivity contribution in [3.8, 4) is 0 Å². The summed E-state index contributed by atoms with van der Waals surface area (Å²) in [7, 11) is -18.8. The van der Waals surface area contributed by atoms with Crippen molar-refractivity contribution in [1.29, 1.82) is 0 Å². The summed E-state index contributed by atoms with van der Waals surface area (Å²) in [6.07, 6.45) is 0.494. The number of anilines is 2. The Morgan fingerprint density at radius 1 is 0.429 bits per heavy atom. The predicted molar refractivity (Wildman–Crippen MR) is 342 cm³/mol. The third-order valence-electron chi connectivity index (χ3n) is 10.9. The van der Waals surface area contributed by atoms with Gasteiger partial charge in [0.1, 0.15) is 23.3 Å². The Morgan fingerprint density at radius 2 is 0.659 bits per heavy atom. The van der Waals surface area contributed by atoms with Crippen molar-refractivity contribution < 1.29 is 194 Å². The van der Waals surface area contributed by atoms with E-state index < -0.39 is 38.0 Å². The van der Waals surface area contributed by atoms with Gasteiger partial charge in [0.25, 0.3) is 0 Å². The van der Waals surface area contributed by atoms with E-state index in [4.69, 9.17) is 64.4 Å². The van der Waals surface area contributed by atoms with Gasteiger partial charge >= 0.3 is 73.5 Å². The van der Waals surface area contributed by atoms with Crippen LogP contribution in [0.3, 0.4) is 0 Å². The largest absolute Gasteiger partial charge is 1.00 e. The number of imidazole rings is 4. The number of aromatic amines is 4. The zero-order valence-electron chi connectivity index (χ0n) is 49.4. The molecule has 0 aliphatic rings. The van der Waals surface area contributed by atoms with Gasteiger partial charge < -0.3 is 89.8 Å². The molecule has 17 N–H and O–H groups in total. The van der Waals surface area contributed by atoms with Crippen molar-refractivity contribution in [2.24, 2.45) is 0 Å². The standard InChI is InChI=1S/4C9H11N2O3P.C9H19O5P.C6H8N2.CH4.2ClH.Na.H2O.3Zr/c4*12-15(13,14)6-5-9-10-7-3-1-2-4-8(7)11-9;1-4-12-9(10)7-8-15(11,13-5-2)14-6-3;7-5-3-1-2-4-6(5)8;;;;;;;;/h4*1-4H,5-6H2,(H,10,11)(H2,12,13,14);4-8H2,1-3H3;1-4H,7-8H2;1H4;2*1H;;1H2;;;/q;;;;;;;;;+1;;;;/p-1. The van der Waals surface area contributed by atoms with Crippen molar-refractivity contribution in [3.05, 3.63) is 145 Å². The summed E-state index contributed by atoms with van der Waals surface area (Å²) in [6.45, 7) is 6.13. The number of aromatic nitrogens is 8. The van der Waals surface area contributed by atoms with E-state index in [1.165, 1.54) is 0 Å². The SMILES string of the molecule is C.CCOC(=O)CCP(=O)(OCC)OCC.Cl.Cl.Nc1ccccc1N.O=P(O)(O)CCc1nc2ccccc2[nH]1.O=P(O)(O)CCc1nc2ccccc2[nH]1.O=P(O)(O)CCc1nc2ccccc2[nH]1.O=P(O)(O)CCc1nc2ccccc2[nH]1.[Na+].[OH-].[Zr].[Zr].[Zr]. The van der Waals surface area contributed by atoms with Gasteiger partial charge in [-0.25, -0.2) is 19.9 Å². The zero-order chi connectivity index (χ0) is 61.3. The Morgan fingerprint density at radius 3 is 0.857 bits per heavy atom. The first-order chi connectivity index (χ1) is 39.1. The molecule has 28 nitrogen and oxygen atoms in total. The van der Waals surface area contributed by atoms with Crippen LogP contribution in [-0.4, -0.2) is 141 Å². The Kier molecular flexibility index (Phi) is 52.2. The summed E-state index contributed by atoms with van der Waals surface area (Å²) in [5.41, 5.74) is 18.9. The van der Waals surface area contributed by atoms with E-state index in [0.717, 1.165) is 44.1 Å². The number of nitrogens with one attached hydrogen (secondary N) is 4. The van der Waals surface area contributed by atoms with Gasteiger partial charge in [0.2, 0.25) is 0 Å². The number of hydrogen-bond donors (Lipinski definition) is 14. The van der Waals surface area contributed by atoms with Crippen molar-refractivity contribution in [2.45, 2.75) is 60.3 Å². The minimum absolute atomic E-state index is 0. The first kappa shape index (κ1) is 97.7. The minimum Gasteiger partial charge on any atom is -0.870 e. The molecule has 0 unspecified atom stereocenters. The quantitative estimate of drug-likeness (QED) is 0.0168. The average Bonchev–Trinajstić information content (AvgIpc) is 2.05. The summed E-state index contributed by atoms with van der Waals surface area (Å²) in [4.78, 5) is 110. The van der Waals surface area contributed by atoms with Crippen LogP contribution in [0.2, 0.25) is 0 Å². The van der Waals surface area contributed by atoms with Crippen molar-refractivity contribution in [1.82, 2.24) is 39.9 Å². The topological polar surface area (TPSA) is 489 Å². The molecule has 9 rings (SSSR count). The average molecular weight is 1650 g/mol. The minimum atomic E-state index is -3.93. The van der Waals surface area contributed by atoms with E-state index in [1.54, 1.807) is 32.9 Å². The number of para-hydroxylation sites is 10. The van der Waals surface area contributed by atoms with Gasteiger partial charge in [-0.15, -0.1) is 24.8 Å². The molecular weight excluding hydrogens is 1580 g/mol. The fourth-order valence-corrected chi connectivity index (χ4v) is 10.6. The van der Waals surface area contributed by atoms with Gasteiger partial charge in [0, 0.05) is 104 Å². The van der Waals surface area contributed by atoms with E-state index in [1.807, 2.05) is 109 Å². The molecule has 0 saturated carbocycles. The maximum absolute atomic E-state index is 11.9. The number of ether oxygens (including phenoxy) is 1. The summed E-state index contributed by atoms with van der Waals surface area (Å²) in [5.74, 6) is 2.07. The van der Waals surface area contributed by atoms with Crippen LogP contribution in [0, 0.1) is 0 Å². The molecule has 0 saturated heterocycles. The molecule has 0 spiro atoms. The number of carbonyl (C=O) groups is 1. The number of esters is 1. The number of benzene rings is 5. The summed E-state index contributed by atoms with van der Waals surface area (Å²) in [5, 5.41) is 0. The van der Waals surface area contributed by atoms with Gasteiger partial charge in [-0.05, 0) is 81.4 Å². The van der Waals surface area contributed by atoms with Crippen LogP contribution >= 0.6 is 62.8 Å². The molecule has 9 aromatic rings. The molecule has 4 aromatic heterocycles. The predicted octanol–water partition coefficient (Wildman–Crippen LogP) is 6.49. The molecule has 0 aliphatic heterocycles. The summed E-state index contributed by atoms with van der Waals surface area (Å²) < 4.78 is 69.3. The molecular formula is C52H78Cl2N10NaO18P5Zr3. The Balaban J connectivity index is -0.000000322. The Bertz CT molecular complexity index is 3180. The van der Waals surface area contributed by atoms with Crippen LogP contribution in [0.4, 0.5) is 11.4 Å². The Labute approximate surface area is 619 Å². The fourth-order valence-electron chi connectivity index (χ4n) is 7.03. The van der Waals surface area contributed by atoms with E-state index in [0.29, 0.717) is 54.5 Å². The molecule has 0 amide bonds. The first-order valence-corrected chi connectivity index (χ1v) is 34.5. The number of halogens is 2. The normalized spacial score (nSPS) is 10.7. The molecule has 0 atom stereocenters. The van der Waals surface area contributed by atoms with E-state index in [2.05, 4.69) is 39.9 Å². The number of fused-ring (bicyclic) bond motifs is 4. The van der Waals surface area contributed by atoms with Gasteiger partial charge in [-0.3, -0.25) is 27.6 Å². The van der Waals surface area contributed by atoms with Crippen LogP contribution in [-0.2, 0) is 146 Å². The number of nitrogen functional groups attached to an aromatic ring is 2. The van der Waals surface area contributed by atoms with Crippen LogP contribution in [0.5, 0.6) is 0 Å². The smallest absolute Gasteiger partial charge is 0.870 e. The second-order valence-corrected chi connectivity index (χ2v) is 27.0. The summed E-state index contributed by atoms with van der Waals surface area (Å²) >= 11 is 0. The van der Waals surface area contributed by atoms with Crippen LogP contribution in [0.1, 0.15) is 57.9 Å². The number of hydrogen-bond acceptors (Lipinski definition) is 16. The number of nitrogens with two attached hydrogens (primary N) is 2. The number of carbonyl (C=O) groups excluding carboxylic acids is 1. The van der Waals surface area contributed by atoms with Crippen LogP contribution in [0.15, 0.2) is 121 Å². The maximum atomic E-state index is 11.9. The third-order valence-corrected chi connectivity index (χ3v) is 16.2. The van der Waals surface area contributed by atoms with Crippen molar-refractivity contribution >= 4 is 124 Å². The first-order valence-electron chi connectivity index (χ1n) is 25.6. The fraction of sp³-hybridized carbons (Fsp3) is 0.327. The molecule has 0 aliphatic carbocycles. The second-order valence-electron chi connectivity index (χ2n) is 17.7. The van der Waals surface area contributed by atoms with Crippen molar-refractivity contribution in [2.75, 3.05) is 62.1 Å². The molecule has 0 radical (unpaired) electrons. The van der Waals surface area contributed by atoms with E-state index in [-0.39, 0.29) is 215 Å². The number of rotatable bonds is 20. The van der Waals surface area contributed by atoms with E-state index in [9.17, 15) is 27.6 Å². The zero-order valence-corrected chi connectivity index (χ0v) is 64.9. The number of aryl methyl sites for hydroxylation is 4. The van der Waals surface area contributed by atoms with Gasteiger partial charge in [-0.2, -0.15) is 0 Å². The molecule has 4 heterocycles. The molecule has 0 bridgehead atoms. The number of H-pyrrole nitrogens is 4. The van der Waals surface area contributed by atoms with Crippen LogP contribution in [0.25, 0.3) is 44.1 Å². The summed E-state index contributed by atoms with van der Waals surface area (Å²) in [6, 6.07) is 37.2. The monoisotopic (exact) mass is 1650 g/mol. The van der Waals surface area contributed by atoms with Crippen LogP contribution < -0.4 is 41.0 Å². The second kappa shape index (κ2) is 48.6. The van der Waals surface area contributed by atoms with Crippen molar-refractivity contribution in [3.63, 3.8) is 0 Å². The third kappa shape index (κ3) is 41.0. The van der Waals surface area contributed by atoms with Gasteiger partial charge in [-0.1, -0.05) is 68.1 Å². The molecule has 39 heteroatoms.